The Hall–Kier alpha value is -2.98. The highest BCUT2D eigenvalue weighted by Gasteiger charge is 2.16. The molecule has 0 aliphatic heterocycles. The Labute approximate surface area is 162 Å². The molecule has 7 heteroatoms. The van der Waals surface area contributed by atoms with Gasteiger partial charge in [-0.1, -0.05) is 23.9 Å². The average Bonchev–Trinajstić information content (AvgIpc) is 3.13. The first-order chi connectivity index (χ1) is 13.3. The van der Waals surface area contributed by atoms with Gasteiger partial charge in [-0.2, -0.15) is 5.26 Å². The first-order valence-electron chi connectivity index (χ1n) is 8.59. The third-order valence-electron chi connectivity index (χ3n) is 3.81. The molecular formula is C20H20N4O2S. The molecule has 0 fully saturated rings. The molecule has 0 saturated carbocycles. The van der Waals surface area contributed by atoms with E-state index in [0.717, 1.165) is 33.7 Å². The zero-order chi connectivity index (χ0) is 19.1. The fourth-order valence-corrected chi connectivity index (χ4v) is 3.39. The van der Waals surface area contributed by atoms with Crippen LogP contribution in [0.15, 0.2) is 53.7 Å². The van der Waals surface area contributed by atoms with Crippen LogP contribution in [0.4, 0.5) is 0 Å². The molecule has 3 aromatic rings. The second-order valence-corrected chi connectivity index (χ2v) is 6.62. The van der Waals surface area contributed by atoms with Crippen LogP contribution in [0.25, 0.3) is 17.1 Å². The Morgan fingerprint density at radius 2 is 1.93 bits per heavy atom. The normalized spacial score (nSPS) is 10.4. The van der Waals surface area contributed by atoms with Gasteiger partial charge in [-0.3, -0.25) is 4.57 Å². The van der Waals surface area contributed by atoms with Crippen molar-refractivity contribution in [1.82, 2.24) is 14.8 Å². The van der Waals surface area contributed by atoms with E-state index in [9.17, 15) is 0 Å². The van der Waals surface area contributed by atoms with Gasteiger partial charge in [0.15, 0.2) is 11.0 Å². The van der Waals surface area contributed by atoms with Crippen molar-refractivity contribution >= 4 is 11.8 Å². The highest BCUT2D eigenvalue weighted by molar-refractivity contribution is 7.99. The van der Waals surface area contributed by atoms with E-state index in [1.807, 2.05) is 60.0 Å². The van der Waals surface area contributed by atoms with Crippen LogP contribution in [0.5, 0.6) is 11.5 Å². The summed E-state index contributed by atoms with van der Waals surface area (Å²) in [5.74, 6) is 2.95. The molecule has 1 heterocycles. The van der Waals surface area contributed by atoms with Crippen LogP contribution in [-0.4, -0.2) is 34.2 Å². The molecule has 0 aliphatic rings. The summed E-state index contributed by atoms with van der Waals surface area (Å²) in [6.45, 7) is 2.58. The Bertz CT molecular complexity index is 932. The van der Waals surface area contributed by atoms with Gasteiger partial charge in [0.05, 0.1) is 19.8 Å². The van der Waals surface area contributed by atoms with Gasteiger partial charge in [-0.15, -0.1) is 10.2 Å². The van der Waals surface area contributed by atoms with Gasteiger partial charge >= 0.3 is 0 Å². The van der Waals surface area contributed by atoms with Crippen molar-refractivity contribution in [2.45, 2.75) is 18.5 Å². The fraction of sp³-hybridized carbons (Fsp3) is 0.250. The minimum absolute atomic E-state index is 0.454. The van der Waals surface area contributed by atoms with Crippen molar-refractivity contribution in [3.63, 3.8) is 0 Å². The molecule has 3 rings (SSSR count). The second-order valence-electron chi connectivity index (χ2n) is 5.56. The zero-order valence-corrected chi connectivity index (χ0v) is 16.1. The summed E-state index contributed by atoms with van der Waals surface area (Å²) in [7, 11) is 1.64. The van der Waals surface area contributed by atoms with E-state index >= 15 is 0 Å². The first-order valence-corrected chi connectivity index (χ1v) is 9.58. The molecule has 1 aromatic heterocycles. The summed E-state index contributed by atoms with van der Waals surface area (Å²) in [5.41, 5.74) is 1.84. The number of benzene rings is 2. The monoisotopic (exact) mass is 380 g/mol. The number of ether oxygens (including phenoxy) is 2. The minimum Gasteiger partial charge on any atom is -0.497 e. The van der Waals surface area contributed by atoms with Crippen molar-refractivity contribution in [1.29, 1.82) is 5.26 Å². The fourth-order valence-electron chi connectivity index (χ4n) is 2.59. The van der Waals surface area contributed by atoms with Crippen molar-refractivity contribution in [2.24, 2.45) is 0 Å². The summed E-state index contributed by atoms with van der Waals surface area (Å²) in [4.78, 5) is 0. The van der Waals surface area contributed by atoms with E-state index in [4.69, 9.17) is 14.7 Å². The Morgan fingerprint density at radius 3 is 2.63 bits per heavy atom. The maximum atomic E-state index is 8.82. The summed E-state index contributed by atoms with van der Waals surface area (Å²) in [6, 6.07) is 17.7. The van der Waals surface area contributed by atoms with Crippen LogP contribution in [-0.2, 0) is 0 Å². The summed E-state index contributed by atoms with van der Waals surface area (Å²) in [6.07, 6.45) is 0.454. The van der Waals surface area contributed by atoms with E-state index in [2.05, 4.69) is 16.3 Å². The van der Waals surface area contributed by atoms with Crippen LogP contribution in [0.1, 0.15) is 13.3 Å². The lowest BCUT2D eigenvalue weighted by Crippen LogP contribution is -2.00. The molecule has 27 heavy (non-hydrogen) atoms. The number of methoxy groups -OCH3 is 1. The van der Waals surface area contributed by atoms with Gasteiger partial charge in [-0.25, -0.2) is 0 Å². The number of hydrogen-bond donors (Lipinski definition) is 0. The molecule has 0 amide bonds. The molecule has 0 spiro atoms. The van der Waals surface area contributed by atoms with Crippen LogP contribution >= 0.6 is 11.8 Å². The van der Waals surface area contributed by atoms with Crippen molar-refractivity contribution in [3.8, 4) is 34.6 Å². The highest BCUT2D eigenvalue weighted by Crippen LogP contribution is 2.30. The SMILES string of the molecule is CCOc1ccc(-n2c(SCCC#N)nnc2-c2cccc(OC)c2)cc1. The van der Waals surface area contributed by atoms with Crippen LogP contribution in [0, 0.1) is 11.3 Å². The van der Waals surface area contributed by atoms with E-state index < -0.39 is 0 Å². The summed E-state index contributed by atoms with van der Waals surface area (Å²) >= 11 is 1.51. The van der Waals surface area contributed by atoms with Gasteiger partial charge in [0.25, 0.3) is 0 Å². The number of hydrogen-bond acceptors (Lipinski definition) is 6. The number of nitrogens with zero attached hydrogens (tertiary/aromatic N) is 4. The standard InChI is InChI=1S/C20H20N4O2S/c1-3-26-17-10-8-16(9-11-17)24-19(15-6-4-7-18(14-15)25-2)22-23-20(24)27-13-5-12-21/h4,6-11,14H,3,5,13H2,1-2H3. The Kier molecular flexibility index (Phi) is 6.34. The zero-order valence-electron chi connectivity index (χ0n) is 15.3. The molecule has 2 aromatic carbocycles. The number of thioether (sulfide) groups is 1. The lowest BCUT2D eigenvalue weighted by atomic mass is 10.2. The number of aromatic nitrogens is 3. The highest BCUT2D eigenvalue weighted by atomic mass is 32.2. The van der Waals surface area contributed by atoms with Gasteiger partial charge in [0.2, 0.25) is 0 Å². The Morgan fingerprint density at radius 1 is 1.11 bits per heavy atom. The maximum absolute atomic E-state index is 8.82. The molecule has 0 radical (unpaired) electrons. The molecule has 0 bridgehead atoms. The summed E-state index contributed by atoms with van der Waals surface area (Å²) in [5, 5.41) is 18.3. The largest absolute Gasteiger partial charge is 0.497 e. The smallest absolute Gasteiger partial charge is 0.196 e. The third-order valence-corrected chi connectivity index (χ3v) is 4.74. The predicted molar refractivity (Wildman–Crippen MR) is 105 cm³/mol. The Balaban J connectivity index is 2.04. The van der Waals surface area contributed by atoms with Crippen molar-refractivity contribution in [2.75, 3.05) is 19.5 Å². The molecule has 0 aliphatic carbocycles. The maximum Gasteiger partial charge on any atom is 0.196 e. The van der Waals surface area contributed by atoms with Gasteiger partial charge in [-0.05, 0) is 43.3 Å². The lowest BCUT2D eigenvalue weighted by molar-refractivity contribution is 0.340. The molecular weight excluding hydrogens is 360 g/mol. The number of nitriles is 1. The quantitative estimate of drug-likeness (QED) is 0.427. The van der Waals surface area contributed by atoms with Gasteiger partial charge < -0.3 is 9.47 Å². The van der Waals surface area contributed by atoms with Crippen molar-refractivity contribution in [3.05, 3.63) is 48.5 Å². The lowest BCUT2D eigenvalue weighted by Gasteiger charge is -2.11. The molecule has 138 valence electrons. The molecule has 0 atom stereocenters. The van der Waals surface area contributed by atoms with Crippen LogP contribution in [0.3, 0.4) is 0 Å². The molecule has 0 saturated heterocycles. The first kappa shape index (κ1) is 18.8. The molecule has 0 unspecified atom stereocenters. The minimum atomic E-state index is 0.454. The van der Waals surface area contributed by atoms with Gasteiger partial charge in [0.1, 0.15) is 11.5 Å². The van der Waals surface area contributed by atoms with E-state index in [1.54, 1.807) is 7.11 Å². The van der Waals surface area contributed by atoms with E-state index in [-0.39, 0.29) is 0 Å². The van der Waals surface area contributed by atoms with E-state index in [0.29, 0.717) is 18.8 Å². The topological polar surface area (TPSA) is 73.0 Å². The third kappa shape index (κ3) is 4.41. The second kappa shape index (κ2) is 9.10. The predicted octanol–water partition coefficient (Wildman–Crippen LogP) is 4.35. The molecule has 6 nitrogen and oxygen atoms in total. The molecule has 0 N–H and O–H groups in total. The van der Waals surface area contributed by atoms with Crippen LogP contribution < -0.4 is 9.47 Å². The van der Waals surface area contributed by atoms with E-state index in [1.165, 1.54) is 11.8 Å². The van der Waals surface area contributed by atoms with Crippen LogP contribution in [0.2, 0.25) is 0 Å². The van der Waals surface area contributed by atoms with Crippen molar-refractivity contribution < 1.29 is 9.47 Å². The van der Waals surface area contributed by atoms with Gasteiger partial charge in [0, 0.05) is 23.4 Å². The summed E-state index contributed by atoms with van der Waals surface area (Å²) < 4.78 is 12.9. The average molecular weight is 380 g/mol. The number of rotatable bonds is 8.